The third kappa shape index (κ3) is 4.31. The van der Waals surface area contributed by atoms with Gasteiger partial charge in [0.1, 0.15) is 0 Å². The zero-order valence-electron chi connectivity index (χ0n) is 8.60. The van der Waals surface area contributed by atoms with Gasteiger partial charge in [0.15, 0.2) is 0 Å². The van der Waals surface area contributed by atoms with E-state index < -0.39 is 0 Å². The van der Waals surface area contributed by atoms with Crippen LogP contribution in [0.2, 0.25) is 0 Å². The molecule has 0 atom stereocenters. The highest BCUT2D eigenvalue weighted by atomic mass is 32.2. The lowest BCUT2D eigenvalue weighted by Crippen LogP contribution is -2.16. The predicted molar refractivity (Wildman–Crippen MR) is 63.2 cm³/mol. The topological polar surface area (TPSA) is 55.2 Å². The van der Waals surface area contributed by atoms with Crippen LogP contribution in [0.1, 0.15) is 5.56 Å². The van der Waals surface area contributed by atoms with Gasteiger partial charge in [-0.3, -0.25) is 10.1 Å². The van der Waals surface area contributed by atoms with Gasteiger partial charge in [-0.1, -0.05) is 12.1 Å². The quantitative estimate of drug-likeness (QED) is 0.458. The second-order valence-corrected chi connectivity index (χ2v) is 4.08. The molecule has 0 bridgehead atoms. The van der Waals surface area contributed by atoms with E-state index in [1.165, 1.54) is 6.07 Å². The number of nitrogens with zero attached hydrogens (tertiary/aromatic N) is 1. The molecule has 0 amide bonds. The minimum atomic E-state index is -0.370. The van der Waals surface area contributed by atoms with E-state index in [1.54, 1.807) is 23.9 Å². The second-order valence-electron chi connectivity index (χ2n) is 3.10. The van der Waals surface area contributed by atoms with Crippen molar-refractivity contribution in [2.75, 3.05) is 18.6 Å². The summed E-state index contributed by atoms with van der Waals surface area (Å²) in [6, 6.07) is 6.71. The Morgan fingerprint density at radius 1 is 1.53 bits per heavy atom. The molecule has 0 spiro atoms. The summed E-state index contributed by atoms with van der Waals surface area (Å²) in [6.07, 6.45) is 2.05. The van der Waals surface area contributed by atoms with Crippen LogP contribution in [0.4, 0.5) is 5.69 Å². The fourth-order valence-electron chi connectivity index (χ4n) is 1.19. The summed E-state index contributed by atoms with van der Waals surface area (Å²) in [7, 11) is 0. The van der Waals surface area contributed by atoms with Crippen LogP contribution in [0.5, 0.6) is 0 Å². The number of hydrogen-bond donors (Lipinski definition) is 1. The van der Waals surface area contributed by atoms with Gasteiger partial charge in [0.25, 0.3) is 5.69 Å². The van der Waals surface area contributed by atoms with Crippen LogP contribution < -0.4 is 5.32 Å². The zero-order valence-corrected chi connectivity index (χ0v) is 9.42. The number of benzene rings is 1. The maximum absolute atomic E-state index is 10.5. The van der Waals surface area contributed by atoms with Crippen LogP contribution >= 0.6 is 11.8 Å². The minimum Gasteiger partial charge on any atom is -0.312 e. The number of nitro benzene ring substituents is 1. The normalized spacial score (nSPS) is 10.2. The van der Waals surface area contributed by atoms with Gasteiger partial charge in [-0.15, -0.1) is 0 Å². The standard InChI is InChI=1S/C10H14N2O2S/c1-15-6-5-11-8-9-3-2-4-10(7-9)12(13)14/h2-4,7,11H,5-6,8H2,1H3. The van der Waals surface area contributed by atoms with Crippen LogP contribution in [0, 0.1) is 10.1 Å². The van der Waals surface area contributed by atoms with Crippen LogP contribution in [0.3, 0.4) is 0 Å². The summed E-state index contributed by atoms with van der Waals surface area (Å²) in [5.41, 5.74) is 1.10. The number of rotatable bonds is 6. The Hall–Kier alpha value is -1.07. The Bertz CT molecular complexity index is 331. The monoisotopic (exact) mass is 226 g/mol. The van der Waals surface area contributed by atoms with E-state index >= 15 is 0 Å². The predicted octanol–water partition coefficient (Wildman–Crippen LogP) is 2.05. The van der Waals surface area contributed by atoms with Crippen LogP contribution in [-0.2, 0) is 6.54 Å². The Labute approximate surface area is 93.2 Å². The smallest absolute Gasteiger partial charge is 0.269 e. The lowest BCUT2D eigenvalue weighted by atomic mass is 10.2. The van der Waals surface area contributed by atoms with Crippen molar-refractivity contribution in [2.45, 2.75) is 6.54 Å². The van der Waals surface area contributed by atoms with E-state index in [4.69, 9.17) is 0 Å². The largest absolute Gasteiger partial charge is 0.312 e. The SMILES string of the molecule is CSCCNCc1cccc([N+](=O)[O-])c1. The first kappa shape index (κ1) is 12.0. The van der Waals surface area contributed by atoms with Crippen molar-refractivity contribution >= 4 is 17.4 Å². The second kappa shape index (κ2) is 6.42. The molecule has 1 rings (SSSR count). The number of thioether (sulfide) groups is 1. The molecule has 0 unspecified atom stereocenters. The first-order chi connectivity index (χ1) is 7.24. The fourth-order valence-corrected chi connectivity index (χ4v) is 1.54. The molecule has 5 heteroatoms. The molecule has 15 heavy (non-hydrogen) atoms. The van der Waals surface area contributed by atoms with Crippen molar-refractivity contribution in [1.82, 2.24) is 5.32 Å². The van der Waals surface area contributed by atoms with E-state index in [0.717, 1.165) is 17.9 Å². The molecular weight excluding hydrogens is 212 g/mol. The maximum atomic E-state index is 10.5. The molecule has 0 saturated carbocycles. The zero-order chi connectivity index (χ0) is 11.1. The molecule has 0 fully saturated rings. The molecule has 1 aromatic rings. The van der Waals surface area contributed by atoms with Crippen molar-refractivity contribution < 1.29 is 4.92 Å². The highest BCUT2D eigenvalue weighted by molar-refractivity contribution is 7.98. The average molecular weight is 226 g/mol. The minimum absolute atomic E-state index is 0.152. The molecule has 1 aromatic carbocycles. The number of hydrogen-bond acceptors (Lipinski definition) is 4. The Morgan fingerprint density at radius 2 is 2.33 bits per heavy atom. The summed E-state index contributed by atoms with van der Waals surface area (Å²) in [5, 5.41) is 13.7. The Balaban J connectivity index is 2.47. The molecule has 0 aromatic heterocycles. The number of nitrogens with one attached hydrogen (secondary N) is 1. The van der Waals surface area contributed by atoms with Crippen molar-refractivity contribution in [1.29, 1.82) is 0 Å². The van der Waals surface area contributed by atoms with Crippen molar-refractivity contribution in [3.05, 3.63) is 39.9 Å². The first-order valence-electron chi connectivity index (χ1n) is 4.67. The molecule has 4 nitrogen and oxygen atoms in total. The first-order valence-corrected chi connectivity index (χ1v) is 6.06. The van der Waals surface area contributed by atoms with Gasteiger partial charge in [-0.05, 0) is 11.8 Å². The van der Waals surface area contributed by atoms with E-state index in [-0.39, 0.29) is 10.6 Å². The molecule has 0 radical (unpaired) electrons. The third-order valence-electron chi connectivity index (χ3n) is 1.93. The Morgan fingerprint density at radius 3 is 3.00 bits per heavy atom. The summed E-state index contributed by atoms with van der Waals surface area (Å²) in [4.78, 5) is 10.1. The van der Waals surface area contributed by atoms with Crippen LogP contribution in [-0.4, -0.2) is 23.5 Å². The molecule has 0 aliphatic rings. The van der Waals surface area contributed by atoms with Gasteiger partial charge in [-0.2, -0.15) is 11.8 Å². The highest BCUT2D eigenvalue weighted by Crippen LogP contribution is 2.12. The lowest BCUT2D eigenvalue weighted by molar-refractivity contribution is -0.384. The van der Waals surface area contributed by atoms with E-state index in [2.05, 4.69) is 11.6 Å². The molecule has 0 aliphatic heterocycles. The molecule has 82 valence electrons. The summed E-state index contributed by atoms with van der Waals surface area (Å²) < 4.78 is 0. The van der Waals surface area contributed by atoms with E-state index in [1.807, 2.05) is 6.07 Å². The van der Waals surface area contributed by atoms with Gasteiger partial charge in [0.05, 0.1) is 4.92 Å². The van der Waals surface area contributed by atoms with Crippen LogP contribution in [0.25, 0.3) is 0 Å². The Kier molecular flexibility index (Phi) is 5.14. The van der Waals surface area contributed by atoms with Crippen molar-refractivity contribution in [2.24, 2.45) is 0 Å². The summed E-state index contributed by atoms with van der Waals surface area (Å²) in [5.74, 6) is 1.05. The number of nitro groups is 1. The molecule has 0 saturated heterocycles. The van der Waals surface area contributed by atoms with Gasteiger partial charge in [0.2, 0.25) is 0 Å². The third-order valence-corrected chi connectivity index (χ3v) is 2.55. The lowest BCUT2D eigenvalue weighted by Gasteiger charge is -2.03. The van der Waals surface area contributed by atoms with Crippen LogP contribution in [0.15, 0.2) is 24.3 Å². The molecule has 0 aliphatic carbocycles. The van der Waals surface area contributed by atoms with E-state index in [9.17, 15) is 10.1 Å². The fraction of sp³-hybridized carbons (Fsp3) is 0.400. The average Bonchev–Trinajstić information content (AvgIpc) is 2.25. The number of non-ortho nitro benzene ring substituents is 1. The molecule has 1 N–H and O–H groups in total. The van der Waals surface area contributed by atoms with Crippen molar-refractivity contribution in [3.8, 4) is 0 Å². The summed E-state index contributed by atoms with van der Waals surface area (Å²) >= 11 is 1.77. The van der Waals surface area contributed by atoms with Gasteiger partial charge in [0, 0.05) is 31.0 Å². The maximum Gasteiger partial charge on any atom is 0.269 e. The van der Waals surface area contributed by atoms with Gasteiger partial charge >= 0.3 is 0 Å². The molecule has 0 heterocycles. The highest BCUT2D eigenvalue weighted by Gasteiger charge is 2.04. The van der Waals surface area contributed by atoms with E-state index in [0.29, 0.717) is 6.54 Å². The van der Waals surface area contributed by atoms with Gasteiger partial charge < -0.3 is 5.32 Å². The molecular formula is C10H14N2O2S. The summed E-state index contributed by atoms with van der Waals surface area (Å²) in [6.45, 7) is 1.60. The van der Waals surface area contributed by atoms with Crippen molar-refractivity contribution in [3.63, 3.8) is 0 Å². The van der Waals surface area contributed by atoms with Gasteiger partial charge in [-0.25, -0.2) is 0 Å².